The number of hydrogen-bond donors (Lipinski definition) is 0. The lowest BCUT2D eigenvalue weighted by Gasteiger charge is -2.44. The number of aromatic nitrogens is 1. The van der Waals surface area contributed by atoms with Crippen molar-refractivity contribution in [1.29, 1.82) is 0 Å². The highest BCUT2D eigenvalue weighted by molar-refractivity contribution is 5.77. The molecule has 0 radical (unpaired) electrons. The van der Waals surface area contributed by atoms with Crippen LogP contribution in [0.4, 0.5) is 0 Å². The van der Waals surface area contributed by atoms with Gasteiger partial charge in [-0.05, 0) is 57.1 Å². The number of likely N-dealkylation sites (N-methyl/N-ethyl adjacent to an activating group) is 1. The quantitative estimate of drug-likeness (QED) is 0.798. The summed E-state index contributed by atoms with van der Waals surface area (Å²) in [5.41, 5.74) is 1.23. The summed E-state index contributed by atoms with van der Waals surface area (Å²) in [6.45, 7) is 8.32. The van der Waals surface area contributed by atoms with Crippen LogP contribution >= 0.6 is 0 Å². The number of amides is 1. The van der Waals surface area contributed by atoms with E-state index in [0.717, 1.165) is 45.7 Å². The topological polar surface area (TPSA) is 39.7 Å². The molecule has 1 amide bonds. The van der Waals surface area contributed by atoms with Gasteiger partial charge in [-0.15, -0.1) is 0 Å². The average molecular weight is 330 g/mol. The highest BCUT2D eigenvalue weighted by Crippen LogP contribution is 2.24. The number of nitrogens with zero attached hydrogens (tertiary/aromatic N) is 4. The molecule has 2 aliphatic rings. The third-order valence-electron chi connectivity index (χ3n) is 5.61. The van der Waals surface area contributed by atoms with Crippen LogP contribution in [0.2, 0.25) is 0 Å². The van der Waals surface area contributed by atoms with Gasteiger partial charge >= 0.3 is 0 Å². The maximum Gasteiger partial charge on any atom is 0.222 e. The molecule has 0 aliphatic carbocycles. The van der Waals surface area contributed by atoms with Crippen LogP contribution in [0.25, 0.3) is 0 Å². The van der Waals surface area contributed by atoms with E-state index in [-0.39, 0.29) is 0 Å². The number of hydrogen-bond acceptors (Lipinski definition) is 4. The van der Waals surface area contributed by atoms with Crippen molar-refractivity contribution in [2.24, 2.45) is 5.92 Å². The minimum absolute atomic E-state index is 0.357. The minimum atomic E-state index is 0.357. The average Bonchev–Trinajstić information content (AvgIpc) is 2.55. The van der Waals surface area contributed by atoms with Gasteiger partial charge in [0.2, 0.25) is 5.91 Å². The normalized spacial score (nSPS) is 20.4. The van der Waals surface area contributed by atoms with Crippen LogP contribution in [0.15, 0.2) is 24.5 Å². The highest BCUT2D eigenvalue weighted by Gasteiger charge is 2.34. The first-order valence-corrected chi connectivity index (χ1v) is 9.25. The van der Waals surface area contributed by atoms with Crippen LogP contribution in [-0.2, 0) is 11.3 Å². The van der Waals surface area contributed by atoms with E-state index in [9.17, 15) is 4.79 Å². The smallest absolute Gasteiger partial charge is 0.222 e. The van der Waals surface area contributed by atoms with Crippen molar-refractivity contribution in [2.75, 3.05) is 39.8 Å². The Morgan fingerprint density at radius 2 is 2.08 bits per heavy atom. The van der Waals surface area contributed by atoms with Crippen LogP contribution in [0.5, 0.6) is 0 Å². The molecule has 5 nitrogen and oxygen atoms in total. The monoisotopic (exact) mass is 330 g/mol. The van der Waals surface area contributed by atoms with Crippen molar-refractivity contribution < 1.29 is 4.79 Å². The fraction of sp³-hybridized carbons (Fsp3) is 0.684. The van der Waals surface area contributed by atoms with E-state index in [1.807, 2.05) is 17.2 Å². The number of pyridine rings is 1. The first-order valence-electron chi connectivity index (χ1n) is 9.25. The minimum Gasteiger partial charge on any atom is -0.339 e. The standard InChI is InChI=1S/C19H30N4O/c1-3-22-9-6-16(7-10-22)11-19(24)23-14-18(15-23)21(2)13-17-5-4-8-20-12-17/h4-5,8,12,16,18H,3,6-7,9-11,13-15H2,1-2H3. The summed E-state index contributed by atoms with van der Waals surface area (Å²) in [4.78, 5) is 23.5. The van der Waals surface area contributed by atoms with Gasteiger partial charge in [-0.2, -0.15) is 0 Å². The third kappa shape index (κ3) is 4.33. The summed E-state index contributed by atoms with van der Waals surface area (Å²) in [7, 11) is 2.14. The summed E-state index contributed by atoms with van der Waals surface area (Å²) in [6, 6.07) is 4.56. The van der Waals surface area contributed by atoms with Gasteiger partial charge in [0.15, 0.2) is 0 Å². The number of carbonyl (C=O) groups excluding carboxylic acids is 1. The summed E-state index contributed by atoms with van der Waals surface area (Å²) < 4.78 is 0. The molecular formula is C19H30N4O. The van der Waals surface area contributed by atoms with Crippen LogP contribution in [-0.4, -0.2) is 71.4 Å². The molecular weight excluding hydrogens is 300 g/mol. The summed E-state index contributed by atoms with van der Waals surface area (Å²) in [6.07, 6.45) is 6.82. The van der Waals surface area contributed by atoms with E-state index >= 15 is 0 Å². The largest absolute Gasteiger partial charge is 0.339 e. The molecule has 0 unspecified atom stereocenters. The van der Waals surface area contributed by atoms with Crippen molar-refractivity contribution in [3.8, 4) is 0 Å². The van der Waals surface area contributed by atoms with Crippen molar-refractivity contribution in [1.82, 2.24) is 19.7 Å². The van der Waals surface area contributed by atoms with Gasteiger partial charge in [0.25, 0.3) is 0 Å². The van der Waals surface area contributed by atoms with Gasteiger partial charge in [-0.25, -0.2) is 0 Å². The molecule has 24 heavy (non-hydrogen) atoms. The first kappa shape index (κ1) is 17.4. The number of rotatable bonds is 6. The molecule has 0 atom stereocenters. The fourth-order valence-corrected chi connectivity index (χ4v) is 3.73. The molecule has 0 spiro atoms. The van der Waals surface area contributed by atoms with E-state index < -0.39 is 0 Å². The second kappa shape index (κ2) is 8.08. The van der Waals surface area contributed by atoms with Crippen LogP contribution in [0.1, 0.15) is 31.7 Å². The van der Waals surface area contributed by atoms with Crippen molar-refractivity contribution in [2.45, 2.75) is 38.8 Å². The van der Waals surface area contributed by atoms with E-state index in [1.165, 1.54) is 18.4 Å². The van der Waals surface area contributed by atoms with Gasteiger partial charge in [0, 0.05) is 44.5 Å². The zero-order valence-corrected chi connectivity index (χ0v) is 15.0. The van der Waals surface area contributed by atoms with Gasteiger partial charge in [-0.3, -0.25) is 14.7 Å². The first-order chi connectivity index (χ1) is 11.7. The zero-order chi connectivity index (χ0) is 16.9. The Hall–Kier alpha value is -1.46. The Bertz CT molecular complexity index is 521. The summed E-state index contributed by atoms with van der Waals surface area (Å²) in [5.74, 6) is 0.948. The molecule has 0 saturated carbocycles. The number of carbonyl (C=O) groups is 1. The Labute approximate surface area is 145 Å². The van der Waals surface area contributed by atoms with E-state index in [4.69, 9.17) is 0 Å². The third-order valence-corrected chi connectivity index (χ3v) is 5.61. The molecule has 5 heteroatoms. The van der Waals surface area contributed by atoms with Crippen molar-refractivity contribution in [3.05, 3.63) is 30.1 Å². The van der Waals surface area contributed by atoms with Crippen molar-refractivity contribution >= 4 is 5.91 Å². The van der Waals surface area contributed by atoms with Crippen LogP contribution in [0, 0.1) is 5.92 Å². The molecule has 132 valence electrons. The molecule has 1 aromatic heterocycles. The van der Waals surface area contributed by atoms with Crippen LogP contribution < -0.4 is 0 Å². The molecule has 0 N–H and O–H groups in total. The lowest BCUT2D eigenvalue weighted by Crippen LogP contribution is -2.60. The maximum absolute atomic E-state index is 12.5. The zero-order valence-electron chi connectivity index (χ0n) is 15.0. The summed E-state index contributed by atoms with van der Waals surface area (Å²) in [5, 5.41) is 0. The Morgan fingerprint density at radius 3 is 2.71 bits per heavy atom. The van der Waals surface area contributed by atoms with E-state index in [1.54, 1.807) is 6.20 Å². The van der Waals surface area contributed by atoms with Gasteiger partial charge in [0.1, 0.15) is 0 Å². The predicted octanol–water partition coefficient (Wildman–Crippen LogP) is 1.85. The molecule has 2 saturated heterocycles. The van der Waals surface area contributed by atoms with Crippen molar-refractivity contribution in [3.63, 3.8) is 0 Å². The molecule has 1 aromatic rings. The summed E-state index contributed by atoms with van der Waals surface area (Å²) >= 11 is 0. The van der Waals surface area contributed by atoms with Gasteiger partial charge in [-0.1, -0.05) is 13.0 Å². The van der Waals surface area contributed by atoms with E-state index in [2.05, 4.69) is 34.8 Å². The van der Waals surface area contributed by atoms with E-state index in [0.29, 0.717) is 17.9 Å². The molecule has 2 aliphatic heterocycles. The molecule has 0 aromatic carbocycles. The fourth-order valence-electron chi connectivity index (χ4n) is 3.73. The van der Waals surface area contributed by atoms with Gasteiger partial charge in [0.05, 0.1) is 0 Å². The maximum atomic E-state index is 12.5. The predicted molar refractivity (Wildman–Crippen MR) is 95.5 cm³/mol. The number of piperidine rings is 1. The lowest BCUT2D eigenvalue weighted by molar-refractivity contribution is -0.139. The molecule has 2 fully saturated rings. The Kier molecular flexibility index (Phi) is 5.85. The van der Waals surface area contributed by atoms with Crippen LogP contribution in [0.3, 0.4) is 0 Å². The second-order valence-electron chi connectivity index (χ2n) is 7.31. The van der Waals surface area contributed by atoms with Gasteiger partial charge < -0.3 is 9.80 Å². The number of likely N-dealkylation sites (tertiary alicyclic amines) is 2. The molecule has 3 heterocycles. The molecule has 0 bridgehead atoms. The lowest BCUT2D eigenvalue weighted by atomic mass is 9.92. The Balaban J connectivity index is 1.37. The highest BCUT2D eigenvalue weighted by atomic mass is 16.2. The second-order valence-corrected chi connectivity index (χ2v) is 7.31. The molecule has 3 rings (SSSR count). The SMILES string of the molecule is CCN1CCC(CC(=O)N2CC(N(C)Cc3cccnc3)C2)CC1. The Morgan fingerprint density at radius 1 is 1.33 bits per heavy atom.